The zero-order chi connectivity index (χ0) is 27.1. The molecule has 0 aliphatic heterocycles. The minimum atomic E-state index is -0.777. The van der Waals surface area contributed by atoms with E-state index in [0.29, 0.717) is 18.0 Å². The van der Waals surface area contributed by atoms with Gasteiger partial charge in [-0.1, -0.05) is 36.4 Å². The van der Waals surface area contributed by atoms with E-state index in [-0.39, 0.29) is 33.0 Å². The summed E-state index contributed by atoms with van der Waals surface area (Å²) in [7, 11) is 0. The molecule has 0 radical (unpaired) electrons. The molecule has 4 rings (SSSR count). The van der Waals surface area contributed by atoms with Crippen LogP contribution in [0, 0.1) is 13.8 Å². The zero-order valence-electron chi connectivity index (χ0n) is 21.3. The lowest BCUT2D eigenvalue weighted by Gasteiger charge is -2.19. The molecule has 0 aliphatic carbocycles. The summed E-state index contributed by atoms with van der Waals surface area (Å²) in [5.74, 6) is 0.298. The summed E-state index contributed by atoms with van der Waals surface area (Å²) in [6, 6.07) is 17.5. The van der Waals surface area contributed by atoms with Crippen LogP contribution in [-0.2, 0) is 13.1 Å². The van der Waals surface area contributed by atoms with E-state index in [2.05, 4.69) is 29.4 Å². The molecule has 1 heterocycles. The van der Waals surface area contributed by atoms with Crippen molar-refractivity contribution >= 4 is 5.69 Å². The SMILES string of the molecule is Cc1c(CNc2ccc(Cn3oc(=O)[nH]c3=O)cc2)cccc1-c1ccc(OCCO)c(OCCO)c1C. The number of aliphatic hydroxyl groups excluding tert-OH is 2. The largest absolute Gasteiger partial charge is 0.487 e. The number of nitrogens with zero attached hydrogens (tertiary/aromatic N) is 1. The molecule has 4 N–H and O–H groups in total. The van der Waals surface area contributed by atoms with Gasteiger partial charge in [-0.05, 0) is 59.9 Å². The lowest BCUT2D eigenvalue weighted by Crippen LogP contribution is -2.17. The summed E-state index contributed by atoms with van der Waals surface area (Å²) in [5.41, 5.74) is 6.30. The summed E-state index contributed by atoms with van der Waals surface area (Å²) < 4.78 is 17.2. The fourth-order valence-corrected chi connectivity index (χ4v) is 4.23. The summed E-state index contributed by atoms with van der Waals surface area (Å²) >= 11 is 0. The zero-order valence-corrected chi connectivity index (χ0v) is 21.3. The average Bonchev–Trinajstić information content (AvgIpc) is 3.23. The minimum Gasteiger partial charge on any atom is -0.487 e. The first-order valence-corrected chi connectivity index (χ1v) is 12.2. The topological polar surface area (TPSA) is 139 Å². The van der Waals surface area contributed by atoms with Gasteiger partial charge >= 0.3 is 11.4 Å². The molecule has 38 heavy (non-hydrogen) atoms. The molecular formula is C28H31N3O7. The number of aromatic amines is 1. The fraction of sp³-hybridized carbons (Fsp3) is 0.286. The van der Waals surface area contributed by atoms with E-state index in [1.165, 1.54) is 0 Å². The van der Waals surface area contributed by atoms with Gasteiger partial charge in [-0.25, -0.2) is 14.6 Å². The van der Waals surface area contributed by atoms with Crippen molar-refractivity contribution < 1.29 is 24.2 Å². The molecule has 0 amide bonds. The summed E-state index contributed by atoms with van der Waals surface area (Å²) in [6.45, 7) is 4.83. The Bertz CT molecular complexity index is 1490. The predicted octanol–water partition coefficient (Wildman–Crippen LogP) is 2.82. The molecule has 10 heteroatoms. The first-order chi connectivity index (χ1) is 18.4. The van der Waals surface area contributed by atoms with Crippen molar-refractivity contribution in [2.24, 2.45) is 0 Å². The van der Waals surface area contributed by atoms with Crippen molar-refractivity contribution in [3.8, 4) is 22.6 Å². The lowest BCUT2D eigenvalue weighted by atomic mass is 9.93. The van der Waals surface area contributed by atoms with E-state index in [1.807, 2.05) is 49.4 Å². The number of hydrogen-bond acceptors (Lipinski definition) is 8. The molecule has 0 fully saturated rings. The second kappa shape index (κ2) is 12.3. The molecule has 0 atom stereocenters. The van der Waals surface area contributed by atoms with Crippen LogP contribution < -0.4 is 26.2 Å². The van der Waals surface area contributed by atoms with Crippen molar-refractivity contribution in [1.82, 2.24) is 9.72 Å². The predicted molar refractivity (Wildman–Crippen MR) is 143 cm³/mol. The van der Waals surface area contributed by atoms with Gasteiger partial charge in [0.15, 0.2) is 11.5 Å². The minimum absolute atomic E-state index is 0.109. The van der Waals surface area contributed by atoms with Crippen LogP contribution in [0.1, 0.15) is 22.3 Å². The molecule has 10 nitrogen and oxygen atoms in total. The molecule has 0 spiro atoms. The third kappa shape index (κ3) is 6.16. The van der Waals surface area contributed by atoms with E-state index in [9.17, 15) is 14.7 Å². The van der Waals surface area contributed by atoms with Crippen LogP contribution in [0.15, 0.2) is 68.7 Å². The maximum absolute atomic E-state index is 11.6. The smallest absolute Gasteiger partial charge is 0.440 e. The van der Waals surface area contributed by atoms with Crippen molar-refractivity contribution in [3.63, 3.8) is 0 Å². The summed E-state index contributed by atoms with van der Waals surface area (Å²) in [4.78, 5) is 24.9. The van der Waals surface area contributed by atoms with E-state index in [4.69, 9.17) is 19.1 Å². The van der Waals surface area contributed by atoms with Crippen molar-refractivity contribution in [1.29, 1.82) is 0 Å². The Morgan fingerprint density at radius 3 is 2.29 bits per heavy atom. The van der Waals surface area contributed by atoms with Crippen LogP contribution in [-0.4, -0.2) is 46.4 Å². The van der Waals surface area contributed by atoms with Crippen molar-refractivity contribution in [2.75, 3.05) is 31.7 Å². The highest BCUT2D eigenvalue weighted by molar-refractivity contribution is 5.75. The summed E-state index contributed by atoms with van der Waals surface area (Å²) in [5, 5.41) is 21.8. The summed E-state index contributed by atoms with van der Waals surface area (Å²) in [6.07, 6.45) is 0. The van der Waals surface area contributed by atoms with E-state index in [0.717, 1.165) is 43.8 Å². The van der Waals surface area contributed by atoms with Crippen LogP contribution in [0.25, 0.3) is 11.1 Å². The molecule has 200 valence electrons. The number of H-pyrrole nitrogens is 1. The number of rotatable bonds is 12. The normalized spacial score (nSPS) is 10.9. The highest BCUT2D eigenvalue weighted by atomic mass is 16.5. The maximum Gasteiger partial charge on any atom is 0.440 e. The van der Waals surface area contributed by atoms with Gasteiger partial charge < -0.3 is 29.5 Å². The molecule has 0 saturated heterocycles. The van der Waals surface area contributed by atoms with Gasteiger partial charge in [-0.2, -0.15) is 0 Å². The second-order valence-electron chi connectivity index (χ2n) is 8.70. The van der Waals surface area contributed by atoms with Crippen molar-refractivity contribution in [2.45, 2.75) is 26.9 Å². The maximum atomic E-state index is 11.6. The quantitative estimate of drug-likeness (QED) is 0.223. The molecule has 0 unspecified atom stereocenters. The molecule has 0 bridgehead atoms. The molecule has 3 aromatic carbocycles. The Balaban J connectivity index is 1.51. The first kappa shape index (κ1) is 26.8. The van der Waals surface area contributed by atoms with Gasteiger partial charge in [0.25, 0.3) is 0 Å². The van der Waals surface area contributed by atoms with Gasteiger partial charge in [0.05, 0.1) is 19.8 Å². The number of aromatic nitrogens is 2. The molecular weight excluding hydrogens is 490 g/mol. The van der Waals surface area contributed by atoms with Crippen LogP contribution >= 0.6 is 0 Å². The number of anilines is 1. The van der Waals surface area contributed by atoms with Gasteiger partial charge in [-0.15, -0.1) is 4.74 Å². The highest BCUT2D eigenvalue weighted by Crippen LogP contribution is 2.39. The average molecular weight is 522 g/mol. The Hall–Kier alpha value is -4.28. The Morgan fingerprint density at radius 2 is 1.61 bits per heavy atom. The number of nitrogens with one attached hydrogen (secondary N) is 2. The number of benzene rings is 3. The van der Waals surface area contributed by atoms with Gasteiger partial charge in [0, 0.05) is 17.8 Å². The standard InChI is InChI=1S/C28H31N3O7/c1-18-21(16-29-22-8-6-20(7-9-22)17-31-27(34)30-28(35)38-31)4-3-5-23(18)24-10-11-25(36-14-12-32)26(19(24)2)37-15-13-33/h3-11,29,32-33H,12-17H2,1-2H3,(H,30,34,35). The Morgan fingerprint density at radius 1 is 0.895 bits per heavy atom. The van der Waals surface area contributed by atoms with E-state index < -0.39 is 11.4 Å². The molecule has 1 aromatic heterocycles. The van der Waals surface area contributed by atoms with Crippen LogP contribution in [0.5, 0.6) is 11.5 Å². The third-order valence-corrected chi connectivity index (χ3v) is 6.18. The van der Waals surface area contributed by atoms with Crippen LogP contribution in [0.2, 0.25) is 0 Å². The number of aliphatic hydroxyl groups is 2. The van der Waals surface area contributed by atoms with Crippen LogP contribution in [0.3, 0.4) is 0 Å². The molecule has 4 aromatic rings. The Kier molecular flexibility index (Phi) is 8.67. The lowest BCUT2D eigenvalue weighted by molar-refractivity contribution is 0.177. The van der Waals surface area contributed by atoms with Gasteiger partial charge in [-0.3, -0.25) is 0 Å². The van der Waals surface area contributed by atoms with Crippen molar-refractivity contribution in [3.05, 3.63) is 97.9 Å². The Labute approximate surface area is 219 Å². The second-order valence-corrected chi connectivity index (χ2v) is 8.70. The fourth-order valence-electron chi connectivity index (χ4n) is 4.23. The number of ether oxygens (including phenoxy) is 2. The molecule has 0 aliphatic rings. The van der Waals surface area contributed by atoms with E-state index >= 15 is 0 Å². The van der Waals surface area contributed by atoms with Gasteiger partial charge in [0.2, 0.25) is 0 Å². The third-order valence-electron chi connectivity index (χ3n) is 6.18. The van der Waals surface area contributed by atoms with Crippen LogP contribution in [0.4, 0.5) is 5.69 Å². The monoisotopic (exact) mass is 521 g/mol. The molecule has 0 saturated carbocycles. The number of hydrogen-bond donors (Lipinski definition) is 4. The van der Waals surface area contributed by atoms with E-state index in [1.54, 1.807) is 0 Å². The highest BCUT2D eigenvalue weighted by Gasteiger charge is 2.16. The van der Waals surface area contributed by atoms with Gasteiger partial charge in [0.1, 0.15) is 13.2 Å². The first-order valence-electron chi connectivity index (χ1n) is 12.2.